The second-order valence-electron chi connectivity index (χ2n) is 5.52. The third kappa shape index (κ3) is 3.01. The number of hydrogen-bond acceptors (Lipinski definition) is 3. The van der Waals surface area contributed by atoms with E-state index in [1.807, 2.05) is 23.5 Å². The van der Waals surface area contributed by atoms with Crippen LogP contribution in [0.1, 0.15) is 24.0 Å². The highest BCUT2D eigenvalue weighted by atomic mass is 32.2. The Morgan fingerprint density at radius 1 is 0.714 bits per heavy atom. The van der Waals surface area contributed by atoms with Crippen molar-refractivity contribution in [3.63, 3.8) is 0 Å². The maximum atomic E-state index is 6.37. The second-order valence-corrected chi connectivity index (χ2v) is 7.93. The van der Waals surface area contributed by atoms with Gasteiger partial charge < -0.3 is 4.74 Å². The third-order valence-corrected chi connectivity index (χ3v) is 6.59. The number of benzene rings is 2. The summed E-state index contributed by atoms with van der Waals surface area (Å²) in [6.07, 6.45) is 4.53. The molecule has 21 heavy (non-hydrogen) atoms. The van der Waals surface area contributed by atoms with Crippen LogP contribution in [0.3, 0.4) is 0 Å². The molecule has 0 fully saturated rings. The zero-order valence-corrected chi connectivity index (χ0v) is 13.5. The molecule has 108 valence electrons. The minimum absolute atomic E-state index is 0.308. The minimum Gasteiger partial charge on any atom is -0.353 e. The van der Waals surface area contributed by atoms with E-state index in [0.29, 0.717) is 10.9 Å². The molecule has 3 heteroatoms. The number of rotatable bonds is 2. The zero-order valence-electron chi connectivity index (χ0n) is 11.8. The largest absolute Gasteiger partial charge is 0.353 e. The first-order valence-electron chi connectivity index (χ1n) is 7.53. The molecule has 0 N–H and O–H groups in total. The van der Waals surface area contributed by atoms with Gasteiger partial charge in [-0.1, -0.05) is 59.9 Å². The monoisotopic (exact) mass is 314 g/mol. The van der Waals surface area contributed by atoms with E-state index in [1.165, 1.54) is 20.9 Å². The Bertz CT molecular complexity index is 585. The summed E-state index contributed by atoms with van der Waals surface area (Å²) >= 11 is 3.79. The highest BCUT2D eigenvalue weighted by Crippen LogP contribution is 2.41. The number of ether oxygens (including phenoxy) is 1. The van der Waals surface area contributed by atoms with E-state index < -0.39 is 0 Å². The molecule has 0 saturated carbocycles. The number of thioether (sulfide) groups is 2. The first kappa shape index (κ1) is 13.7. The molecule has 2 atom stereocenters. The molecule has 1 nitrogen and oxygen atoms in total. The molecule has 0 bridgehead atoms. The standard InChI is InChI=1S/C18H18OS2/c1-3-7-15-13(5-1)9-11-17(20-15)19-18-12-10-14-6-2-4-8-16(14)21-18/h1-8,17-18H,9-12H2. The predicted octanol–water partition coefficient (Wildman–Crippen LogP) is 5.13. The smallest absolute Gasteiger partial charge is 0.109 e. The van der Waals surface area contributed by atoms with E-state index in [0.717, 1.165) is 25.7 Å². The number of hydrogen-bond donors (Lipinski definition) is 0. The molecule has 0 spiro atoms. The van der Waals surface area contributed by atoms with Crippen molar-refractivity contribution in [2.45, 2.75) is 46.3 Å². The van der Waals surface area contributed by atoms with Crippen LogP contribution in [0.25, 0.3) is 0 Å². The van der Waals surface area contributed by atoms with Crippen molar-refractivity contribution in [1.29, 1.82) is 0 Å². The Morgan fingerprint density at radius 2 is 1.19 bits per heavy atom. The van der Waals surface area contributed by atoms with Crippen LogP contribution in [0, 0.1) is 0 Å². The molecule has 0 aromatic heterocycles. The van der Waals surface area contributed by atoms with Crippen molar-refractivity contribution in [1.82, 2.24) is 0 Å². The Morgan fingerprint density at radius 3 is 1.71 bits per heavy atom. The average Bonchev–Trinajstić information content (AvgIpc) is 2.55. The summed E-state index contributed by atoms with van der Waals surface area (Å²) in [4.78, 5) is 2.80. The third-order valence-electron chi connectivity index (χ3n) is 4.06. The van der Waals surface area contributed by atoms with Gasteiger partial charge in [-0.05, 0) is 48.9 Å². The average molecular weight is 314 g/mol. The van der Waals surface area contributed by atoms with Gasteiger partial charge in [0.15, 0.2) is 0 Å². The maximum absolute atomic E-state index is 6.37. The highest BCUT2D eigenvalue weighted by molar-refractivity contribution is 8.00. The fraction of sp³-hybridized carbons (Fsp3) is 0.333. The van der Waals surface area contributed by atoms with Crippen LogP contribution in [0.4, 0.5) is 0 Å². The van der Waals surface area contributed by atoms with E-state index in [2.05, 4.69) is 48.5 Å². The first-order valence-corrected chi connectivity index (χ1v) is 9.29. The summed E-state index contributed by atoms with van der Waals surface area (Å²) in [5, 5.41) is 0. The summed E-state index contributed by atoms with van der Waals surface area (Å²) in [7, 11) is 0. The Balaban J connectivity index is 1.42. The normalized spacial score (nSPS) is 24.2. The van der Waals surface area contributed by atoms with Crippen LogP contribution in [0.2, 0.25) is 0 Å². The molecule has 2 aromatic rings. The Kier molecular flexibility index (Phi) is 3.97. The van der Waals surface area contributed by atoms with Gasteiger partial charge >= 0.3 is 0 Å². The van der Waals surface area contributed by atoms with Crippen LogP contribution in [-0.2, 0) is 17.6 Å². The fourth-order valence-electron chi connectivity index (χ4n) is 2.96. The number of fused-ring (bicyclic) bond motifs is 2. The van der Waals surface area contributed by atoms with Crippen molar-refractivity contribution >= 4 is 23.5 Å². The summed E-state index contributed by atoms with van der Waals surface area (Å²) in [5.74, 6) is 0. The van der Waals surface area contributed by atoms with Crippen LogP contribution in [0.15, 0.2) is 58.3 Å². The number of aryl methyl sites for hydroxylation is 2. The van der Waals surface area contributed by atoms with Crippen LogP contribution >= 0.6 is 23.5 Å². The molecule has 4 rings (SSSR count). The van der Waals surface area contributed by atoms with Crippen LogP contribution in [0.5, 0.6) is 0 Å². The summed E-state index contributed by atoms with van der Waals surface area (Å²) in [6, 6.07) is 17.4. The van der Waals surface area contributed by atoms with Crippen molar-refractivity contribution < 1.29 is 4.74 Å². The van der Waals surface area contributed by atoms with Gasteiger partial charge in [0.05, 0.1) is 0 Å². The molecule has 0 radical (unpaired) electrons. The van der Waals surface area contributed by atoms with Gasteiger partial charge in [-0.2, -0.15) is 0 Å². The van der Waals surface area contributed by atoms with Gasteiger partial charge in [-0.15, -0.1) is 0 Å². The zero-order chi connectivity index (χ0) is 14.1. The van der Waals surface area contributed by atoms with Gasteiger partial charge in [0.1, 0.15) is 10.9 Å². The molecular weight excluding hydrogens is 296 g/mol. The molecule has 2 aliphatic heterocycles. The van der Waals surface area contributed by atoms with Crippen LogP contribution < -0.4 is 0 Å². The van der Waals surface area contributed by atoms with Crippen molar-refractivity contribution in [2.24, 2.45) is 0 Å². The molecule has 2 aliphatic rings. The SMILES string of the molecule is c1ccc2c(c1)CCC(OC1CCc3ccccc3S1)S2. The highest BCUT2D eigenvalue weighted by Gasteiger charge is 2.26. The lowest BCUT2D eigenvalue weighted by Gasteiger charge is -2.30. The Labute approximate surface area is 134 Å². The predicted molar refractivity (Wildman–Crippen MR) is 89.9 cm³/mol. The molecule has 0 aliphatic carbocycles. The lowest BCUT2D eigenvalue weighted by molar-refractivity contribution is 0.0792. The lowest BCUT2D eigenvalue weighted by atomic mass is 10.1. The fourth-order valence-corrected chi connectivity index (χ4v) is 5.40. The van der Waals surface area contributed by atoms with E-state index >= 15 is 0 Å². The summed E-state index contributed by atoms with van der Waals surface area (Å²) in [5.41, 5.74) is 3.57. The van der Waals surface area contributed by atoms with Crippen LogP contribution in [-0.4, -0.2) is 10.9 Å². The van der Waals surface area contributed by atoms with Crippen molar-refractivity contribution in [3.05, 3.63) is 59.7 Å². The first-order chi connectivity index (χ1) is 10.4. The van der Waals surface area contributed by atoms with Gasteiger partial charge in [-0.25, -0.2) is 0 Å². The molecule has 2 unspecified atom stereocenters. The molecule has 0 saturated heterocycles. The van der Waals surface area contributed by atoms with Crippen molar-refractivity contribution in [2.75, 3.05) is 0 Å². The quantitative estimate of drug-likeness (QED) is 0.760. The van der Waals surface area contributed by atoms with Gasteiger partial charge in [0.2, 0.25) is 0 Å². The second kappa shape index (κ2) is 6.07. The summed E-state index contributed by atoms with van der Waals surface area (Å²) in [6.45, 7) is 0. The van der Waals surface area contributed by atoms with Crippen molar-refractivity contribution in [3.8, 4) is 0 Å². The van der Waals surface area contributed by atoms with Gasteiger partial charge in [0.25, 0.3) is 0 Å². The summed E-state index contributed by atoms with van der Waals surface area (Å²) < 4.78 is 6.37. The lowest BCUT2D eigenvalue weighted by Crippen LogP contribution is -2.23. The van der Waals surface area contributed by atoms with E-state index in [1.54, 1.807) is 0 Å². The van der Waals surface area contributed by atoms with E-state index in [-0.39, 0.29) is 0 Å². The Hall–Kier alpha value is -0.900. The molecule has 0 amide bonds. The molecular formula is C18H18OS2. The molecule has 2 aromatic carbocycles. The topological polar surface area (TPSA) is 9.23 Å². The van der Waals surface area contributed by atoms with Gasteiger partial charge in [0, 0.05) is 9.79 Å². The van der Waals surface area contributed by atoms with Gasteiger partial charge in [-0.3, -0.25) is 0 Å². The van der Waals surface area contributed by atoms with E-state index in [4.69, 9.17) is 4.74 Å². The minimum atomic E-state index is 0.308. The maximum Gasteiger partial charge on any atom is 0.109 e. The van der Waals surface area contributed by atoms with E-state index in [9.17, 15) is 0 Å². The molecule has 2 heterocycles.